The Kier molecular flexibility index (Phi) is 3.94. The summed E-state index contributed by atoms with van der Waals surface area (Å²) in [5, 5.41) is 3.01. The third-order valence-corrected chi connectivity index (χ3v) is 4.02. The first-order valence-electron chi connectivity index (χ1n) is 7.62. The van der Waals surface area contributed by atoms with E-state index in [1.807, 2.05) is 32.0 Å². The van der Waals surface area contributed by atoms with Crippen LogP contribution >= 0.6 is 0 Å². The topological polar surface area (TPSA) is 97.3 Å². The number of furan rings is 1. The summed E-state index contributed by atoms with van der Waals surface area (Å²) >= 11 is 0. The number of nitrogens with two attached hydrogens (primary N) is 1. The fourth-order valence-corrected chi connectivity index (χ4v) is 3.08. The van der Waals surface area contributed by atoms with Crippen molar-refractivity contribution in [1.82, 2.24) is 15.3 Å². The van der Waals surface area contributed by atoms with Gasteiger partial charge in [0.1, 0.15) is 17.3 Å². The molecule has 0 saturated carbocycles. The Bertz CT molecular complexity index is 707. The van der Waals surface area contributed by atoms with Crippen LogP contribution in [0.1, 0.15) is 30.1 Å². The normalized spacial score (nSPS) is 20.7. The van der Waals surface area contributed by atoms with E-state index >= 15 is 0 Å². The largest absolute Gasteiger partial charge is 0.466 e. The van der Waals surface area contributed by atoms with Crippen molar-refractivity contribution in [2.45, 2.75) is 32.7 Å². The lowest BCUT2D eigenvalue weighted by molar-refractivity contribution is -0.119. The second-order valence-electron chi connectivity index (χ2n) is 5.99. The molecule has 2 aromatic rings. The number of hydrogen-bond donors (Lipinski definition) is 2. The molecule has 0 unspecified atom stereocenters. The molecule has 0 aliphatic carbocycles. The Hall–Kier alpha value is -2.57. The molecule has 1 fully saturated rings. The zero-order valence-corrected chi connectivity index (χ0v) is 13.5. The van der Waals surface area contributed by atoms with Crippen LogP contribution in [0.5, 0.6) is 0 Å². The van der Waals surface area contributed by atoms with Crippen LogP contribution < -0.4 is 16.0 Å². The summed E-state index contributed by atoms with van der Waals surface area (Å²) in [6.45, 7) is 6.68. The van der Waals surface area contributed by atoms with Crippen molar-refractivity contribution in [2.75, 3.05) is 23.7 Å². The number of carbonyl (C=O) groups excluding carboxylic acids is 1. The van der Waals surface area contributed by atoms with Crippen LogP contribution in [0.25, 0.3) is 0 Å². The van der Waals surface area contributed by atoms with E-state index < -0.39 is 0 Å². The molecule has 2 aromatic heterocycles. The minimum atomic E-state index is -0.0523. The van der Waals surface area contributed by atoms with E-state index in [1.165, 1.54) is 6.92 Å². The molecule has 1 aliphatic rings. The molecule has 0 spiro atoms. The van der Waals surface area contributed by atoms with Gasteiger partial charge in [-0.25, -0.2) is 4.98 Å². The number of hydrogen-bond acceptors (Lipinski definition) is 6. The Morgan fingerprint density at radius 3 is 2.74 bits per heavy atom. The van der Waals surface area contributed by atoms with Crippen LogP contribution in [0.4, 0.5) is 11.8 Å². The van der Waals surface area contributed by atoms with Crippen molar-refractivity contribution >= 4 is 17.7 Å². The highest BCUT2D eigenvalue weighted by atomic mass is 16.3. The van der Waals surface area contributed by atoms with E-state index in [2.05, 4.69) is 20.2 Å². The zero-order valence-electron chi connectivity index (χ0n) is 13.5. The monoisotopic (exact) mass is 315 g/mol. The van der Waals surface area contributed by atoms with Crippen molar-refractivity contribution in [1.29, 1.82) is 0 Å². The molecule has 7 heteroatoms. The maximum Gasteiger partial charge on any atom is 0.222 e. The summed E-state index contributed by atoms with van der Waals surface area (Å²) in [7, 11) is 0. The summed E-state index contributed by atoms with van der Waals surface area (Å²) in [6, 6.07) is 5.78. The van der Waals surface area contributed by atoms with E-state index in [1.54, 1.807) is 0 Å². The van der Waals surface area contributed by atoms with Gasteiger partial charge in [-0.1, -0.05) is 0 Å². The van der Waals surface area contributed by atoms with E-state index in [4.69, 9.17) is 10.2 Å². The molecule has 1 saturated heterocycles. The van der Waals surface area contributed by atoms with Crippen molar-refractivity contribution in [3.05, 3.63) is 35.4 Å². The highest BCUT2D eigenvalue weighted by molar-refractivity contribution is 5.73. The van der Waals surface area contributed by atoms with Gasteiger partial charge in [-0.05, 0) is 26.0 Å². The first kappa shape index (κ1) is 15.3. The lowest BCUT2D eigenvalue weighted by atomic mass is 10.0. The molecule has 1 aliphatic heterocycles. The molecule has 1 amide bonds. The van der Waals surface area contributed by atoms with Crippen molar-refractivity contribution in [3.8, 4) is 0 Å². The summed E-state index contributed by atoms with van der Waals surface area (Å²) in [5.74, 6) is 2.79. The minimum Gasteiger partial charge on any atom is -0.466 e. The first-order valence-corrected chi connectivity index (χ1v) is 7.62. The third kappa shape index (κ3) is 3.28. The Balaban J connectivity index is 1.88. The molecular weight excluding hydrogens is 294 g/mol. The van der Waals surface area contributed by atoms with E-state index in [-0.39, 0.29) is 23.8 Å². The number of carbonyl (C=O) groups is 1. The lowest BCUT2D eigenvalue weighted by Crippen LogP contribution is -2.38. The van der Waals surface area contributed by atoms with Crippen LogP contribution in [0.15, 0.2) is 22.6 Å². The Morgan fingerprint density at radius 2 is 2.13 bits per heavy atom. The highest BCUT2D eigenvalue weighted by Gasteiger charge is 2.37. The maximum atomic E-state index is 11.5. The SMILES string of the molecule is CC(=O)N[C@@H]1CN(c2cc(C)nc(N)n2)C[C@H]1c1ccc(C)o1. The molecule has 0 radical (unpaired) electrons. The predicted octanol–water partition coefficient (Wildman–Crippen LogP) is 1.38. The number of nitrogen functional groups attached to an aromatic ring is 1. The number of aromatic nitrogens is 2. The molecule has 122 valence electrons. The molecule has 3 heterocycles. The van der Waals surface area contributed by atoms with Crippen LogP contribution in [0.2, 0.25) is 0 Å². The van der Waals surface area contributed by atoms with Crippen LogP contribution in [-0.2, 0) is 4.79 Å². The van der Waals surface area contributed by atoms with Crippen molar-refractivity contribution in [3.63, 3.8) is 0 Å². The van der Waals surface area contributed by atoms with E-state index in [0.29, 0.717) is 13.1 Å². The van der Waals surface area contributed by atoms with Gasteiger partial charge in [0, 0.05) is 31.8 Å². The van der Waals surface area contributed by atoms with Gasteiger partial charge in [0.2, 0.25) is 11.9 Å². The highest BCUT2D eigenvalue weighted by Crippen LogP contribution is 2.31. The Morgan fingerprint density at radius 1 is 1.35 bits per heavy atom. The standard InChI is InChI=1S/C16H21N5O2/c1-9-6-15(20-16(17)18-9)21-7-12(13(8-21)19-11(3)22)14-5-4-10(2)23-14/h4-6,12-13H,7-8H2,1-3H3,(H,19,22)(H2,17,18,20)/t12-,13-/m1/s1. The Labute approximate surface area is 134 Å². The third-order valence-electron chi connectivity index (χ3n) is 4.02. The van der Waals surface area contributed by atoms with Crippen molar-refractivity contribution < 1.29 is 9.21 Å². The molecule has 23 heavy (non-hydrogen) atoms. The van der Waals surface area contributed by atoms with Gasteiger partial charge in [0.05, 0.1) is 12.0 Å². The molecule has 0 bridgehead atoms. The quantitative estimate of drug-likeness (QED) is 0.888. The minimum absolute atomic E-state index is 0.0328. The van der Waals surface area contributed by atoms with Crippen molar-refractivity contribution in [2.24, 2.45) is 0 Å². The van der Waals surface area contributed by atoms with Crippen LogP contribution in [0, 0.1) is 13.8 Å². The zero-order chi connectivity index (χ0) is 16.6. The fraction of sp³-hybridized carbons (Fsp3) is 0.438. The fourth-order valence-electron chi connectivity index (χ4n) is 3.08. The van der Waals surface area contributed by atoms with Gasteiger partial charge < -0.3 is 20.4 Å². The number of amides is 1. The smallest absolute Gasteiger partial charge is 0.222 e. The number of nitrogens with zero attached hydrogens (tertiary/aromatic N) is 3. The number of nitrogens with one attached hydrogen (secondary N) is 1. The van der Waals surface area contributed by atoms with Crippen LogP contribution in [-0.4, -0.2) is 35.0 Å². The van der Waals surface area contributed by atoms with E-state index in [9.17, 15) is 4.79 Å². The predicted molar refractivity (Wildman–Crippen MR) is 87.2 cm³/mol. The second kappa shape index (κ2) is 5.91. The molecule has 7 nitrogen and oxygen atoms in total. The maximum absolute atomic E-state index is 11.5. The summed E-state index contributed by atoms with van der Waals surface area (Å²) in [4.78, 5) is 22.1. The average Bonchev–Trinajstić information content (AvgIpc) is 3.03. The van der Waals surface area contributed by atoms with Gasteiger partial charge >= 0.3 is 0 Å². The molecule has 0 aromatic carbocycles. The van der Waals surface area contributed by atoms with Gasteiger partial charge in [-0.2, -0.15) is 4.98 Å². The van der Waals surface area contributed by atoms with Gasteiger partial charge in [0.15, 0.2) is 0 Å². The number of rotatable bonds is 3. The average molecular weight is 315 g/mol. The number of aryl methyl sites for hydroxylation is 2. The van der Waals surface area contributed by atoms with Gasteiger partial charge in [0.25, 0.3) is 0 Å². The molecule has 3 N–H and O–H groups in total. The summed E-state index contributed by atoms with van der Waals surface area (Å²) in [5.41, 5.74) is 6.57. The summed E-state index contributed by atoms with van der Waals surface area (Å²) in [6.07, 6.45) is 0. The summed E-state index contributed by atoms with van der Waals surface area (Å²) < 4.78 is 5.78. The molecular formula is C16H21N5O2. The lowest BCUT2D eigenvalue weighted by Gasteiger charge is -2.18. The molecule has 3 rings (SSSR count). The van der Waals surface area contributed by atoms with Gasteiger partial charge in [-0.3, -0.25) is 4.79 Å². The number of anilines is 2. The second-order valence-corrected chi connectivity index (χ2v) is 5.99. The van der Waals surface area contributed by atoms with E-state index in [0.717, 1.165) is 23.0 Å². The molecule has 2 atom stereocenters. The van der Waals surface area contributed by atoms with Crippen LogP contribution in [0.3, 0.4) is 0 Å². The first-order chi connectivity index (χ1) is 10.9. The van der Waals surface area contributed by atoms with Gasteiger partial charge in [-0.15, -0.1) is 0 Å².